The van der Waals surface area contributed by atoms with Crippen LogP contribution < -0.4 is 19.7 Å². The first-order chi connectivity index (χ1) is 13.6. The Bertz CT molecular complexity index is 790. The van der Waals surface area contributed by atoms with Gasteiger partial charge in [0.15, 0.2) is 6.61 Å². The van der Waals surface area contributed by atoms with Crippen molar-refractivity contribution in [2.24, 2.45) is 0 Å². The van der Waals surface area contributed by atoms with Gasteiger partial charge in [-0.25, -0.2) is 0 Å². The largest absolute Gasteiger partial charge is 0.497 e. The van der Waals surface area contributed by atoms with Crippen LogP contribution in [-0.4, -0.2) is 57.2 Å². The minimum Gasteiger partial charge on any atom is -0.497 e. The number of ether oxygens (including phenoxy) is 2. The fourth-order valence-electron chi connectivity index (χ4n) is 3.16. The lowest BCUT2D eigenvalue weighted by atomic mass is 10.2. The van der Waals surface area contributed by atoms with Crippen LogP contribution in [0.25, 0.3) is 0 Å². The number of rotatable bonds is 7. The summed E-state index contributed by atoms with van der Waals surface area (Å²) in [7, 11) is 1.60. The van der Waals surface area contributed by atoms with Gasteiger partial charge in [-0.1, -0.05) is 18.5 Å². The van der Waals surface area contributed by atoms with Gasteiger partial charge in [0.1, 0.15) is 11.5 Å². The molecule has 0 unspecified atom stereocenters. The molecule has 1 N–H and O–H groups in total. The van der Waals surface area contributed by atoms with E-state index in [0.29, 0.717) is 16.5 Å². The molecule has 1 saturated heterocycles. The highest BCUT2D eigenvalue weighted by Gasteiger charge is 2.18. The van der Waals surface area contributed by atoms with Crippen molar-refractivity contribution >= 4 is 28.9 Å². The molecule has 1 heterocycles. The molecule has 6 nitrogen and oxygen atoms in total. The summed E-state index contributed by atoms with van der Waals surface area (Å²) in [6.07, 6.45) is 0. The molecule has 0 aromatic heterocycles. The Balaban J connectivity index is 1.52. The molecule has 7 heteroatoms. The number of piperazine rings is 1. The molecule has 0 aliphatic carbocycles. The van der Waals surface area contributed by atoms with E-state index in [9.17, 15) is 4.79 Å². The van der Waals surface area contributed by atoms with Crippen LogP contribution in [0.2, 0.25) is 5.02 Å². The third-order valence-electron chi connectivity index (χ3n) is 4.82. The molecular formula is C21H26ClN3O3. The summed E-state index contributed by atoms with van der Waals surface area (Å²) in [5, 5.41) is 3.46. The summed E-state index contributed by atoms with van der Waals surface area (Å²) in [6, 6.07) is 12.7. The lowest BCUT2D eigenvalue weighted by molar-refractivity contribution is -0.118. The Labute approximate surface area is 171 Å². The van der Waals surface area contributed by atoms with E-state index in [1.165, 1.54) is 0 Å². The molecule has 2 aromatic rings. The summed E-state index contributed by atoms with van der Waals surface area (Å²) in [5.41, 5.74) is 1.66. The van der Waals surface area contributed by atoms with Crippen molar-refractivity contribution in [1.29, 1.82) is 0 Å². The van der Waals surface area contributed by atoms with Crippen molar-refractivity contribution < 1.29 is 14.3 Å². The standard InChI is InChI=1S/C21H26ClN3O3/c1-3-24-10-12-25(13-11-24)20-9-4-16(14-19(20)22)23-21(26)15-28-18-7-5-17(27-2)6-8-18/h4-9,14H,3,10-13,15H2,1-2H3,(H,23,26). The number of benzene rings is 2. The number of hydrogen-bond acceptors (Lipinski definition) is 5. The van der Waals surface area contributed by atoms with Crippen LogP contribution in [-0.2, 0) is 4.79 Å². The number of carbonyl (C=O) groups is 1. The molecule has 1 fully saturated rings. The Morgan fingerprint density at radius 1 is 1.07 bits per heavy atom. The number of amides is 1. The first kappa shape index (κ1) is 20.3. The average Bonchev–Trinajstić information content (AvgIpc) is 2.73. The van der Waals surface area contributed by atoms with Crippen molar-refractivity contribution in [3.8, 4) is 11.5 Å². The average molecular weight is 404 g/mol. The maximum Gasteiger partial charge on any atom is 0.262 e. The van der Waals surface area contributed by atoms with Gasteiger partial charge in [0, 0.05) is 31.9 Å². The van der Waals surface area contributed by atoms with Crippen molar-refractivity contribution in [2.75, 3.05) is 56.7 Å². The Kier molecular flexibility index (Phi) is 7.01. The number of hydrogen-bond donors (Lipinski definition) is 1. The van der Waals surface area contributed by atoms with Crippen LogP contribution >= 0.6 is 11.6 Å². The molecule has 0 bridgehead atoms. The van der Waals surface area contributed by atoms with E-state index >= 15 is 0 Å². The monoisotopic (exact) mass is 403 g/mol. The lowest BCUT2D eigenvalue weighted by Gasteiger charge is -2.36. The number of methoxy groups -OCH3 is 1. The van der Waals surface area contributed by atoms with Crippen molar-refractivity contribution in [2.45, 2.75) is 6.92 Å². The topological polar surface area (TPSA) is 54.0 Å². The van der Waals surface area contributed by atoms with E-state index in [1.807, 2.05) is 12.1 Å². The van der Waals surface area contributed by atoms with Gasteiger partial charge in [-0.2, -0.15) is 0 Å². The summed E-state index contributed by atoms with van der Waals surface area (Å²) in [6.45, 7) is 7.15. The highest BCUT2D eigenvalue weighted by Crippen LogP contribution is 2.29. The van der Waals surface area contributed by atoms with Crippen LogP contribution in [0.3, 0.4) is 0 Å². The zero-order chi connectivity index (χ0) is 19.9. The van der Waals surface area contributed by atoms with Crippen molar-refractivity contribution in [1.82, 2.24) is 4.90 Å². The summed E-state index contributed by atoms with van der Waals surface area (Å²) in [4.78, 5) is 16.9. The van der Waals surface area contributed by atoms with Gasteiger partial charge in [-0.15, -0.1) is 0 Å². The first-order valence-corrected chi connectivity index (χ1v) is 9.80. The van der Waals surface area contributed by atoms with Gasteiger partial charge < -0.3 is 24.6 Å². The Hall–Kier alpha value is -2.44. The van der Waals surface area contributed by atoms with Gasteiger partial charge >= 0.3 is 0 Å². The molecule has 2 aromatic carbocycles. The second-order valence-corrected chi connectivity index (χ2v) is 7.01. The van der Waals surface area contributed by atoms with E-state index in [4.69, 9.17) is 21.1 Å². The Morgan fingerprint density at radius 2 is 1.75 bits per heavy atom. The predicted octanol–water partition coefficient (Wildman–Crippen LogP) is 3.51. The lowest BCUT2D eigenvalue weighted by Crippen LogP contribution is -2.46. The zero-order valence-electron chi connectivity index (χ0n) is 16.3. The fraction of sp³-hybridized carbons (Fsp3) is 0.381. The molecule has 0 radical (unpaired) electrons. The molecule has 0 saturated carbocycles. The molecule has 28 heavy (non-hydrogen) atoms. The van der Waals surface area contributed by atoms with Crippen LogP contribution in [0, 0.1) is 0 Å². The number of anilines is 2. The van der Waals surface area contributed by atoms with Crippen LogP contribution in [0.15, 0.2) is 42.5 Å². The highest BCUT2D eigenvalue weighted by atomic mass is 35.5. The second kappa shape index (κ2) is 9.66. The minimum absolute atomic E-state index is 0.0787. The zero-order valence-corrected chi connectivity index (χ0v) is 17.0. The second-order valence-electron chi connectivity index (χ2n) is 6.60. The van der Waals surface area contributed by atoms with Crippen LogP contribution in [0.1, 0.15) is 6.92 Å². The third kappa shape index (κ3) is 5.30. The Morgan fingerprint density at radius 3 is 2.36 bits per heavy atom. The number of halogens is 1. The molecule has 1 amide bonds. The molecule has 3 rings (SSSR count). The number of nitrogens with zero attached hydrogens (tertiary/aromatic N) is 2. The predicted molar refractivity (Wildman–Crippen MR) is 113 cm³/mol. The third-order valence-corrected chi connectivity index (χ3v) is 5.12. The minimum atomic E-state index is -0.240. The molecule has 1 aliphatic rings. The summed E-state index contributed by atoms with van der Waals surface area (Å²) >= 11 is 6.47. The van der Waals surface area contributed by atoms with Crippen LogP contribution in [0.4, 0.5) is 11.4 Å². The van der Waals surface area contributed by atoms with Crippen molar-refractivity contribution in [3.63, 3.8) is 0 Å². The van der Waals surface area contributed by atoms with Gasteiger partial charge in [0.05, 0.1) is 17.8 Å². The summed E-state index contributed by atoms with van der Waals surface area (Å²) < 4.78 is 10.6. The molecular weight excluding hydrogens is 378 g/mol. The molecule has 0 spiro atoms. The quantitative estimate of drug-likeness (QED) is 0.766. The maximum absolute atomic E-state index is 12.2. The van der Waals surface area contributed by atoms with Gasteiger partial charge in [-0.3, -0.25) is 4.79 Å². The maximum atomic E-state index is 12.2. The van der Waals surface area contributed by atoms with Crippen LogP contribution in [0.5, 0.6) is 11.5 Å². The number of carbonyl (C=O) groups excluding carboxylic acids is 1. The molecule has 150 valence electrons. The highest BCUT2D eigenvalue weighted by molar-refractivity contribution is 6.33. The smallest absolute Gasteiger partial charge is 0.262 e. The van der Waals surface area contributed by atoms with E-state index < -0.39 is 0 Å². The van der Waals surface area contributed by atoms with E-state index in [1.54, 1.807) is 37.4 Å². The van der Waals surface area contributed by atoms with Gasteiger partial charge in [0.25, 0.3) is 5.91 Å². The normalized spacial score (nSPS) is 14.6. The molecule has 1 aliphatic heterocycles. The SMILES string of the molecule is CCN1CCN(c2ccc(NC(=O)COc3ccc(OC)cc3)cc2Cl)CC1. The van der Waals surface area contributed by atoms with Gasteiger partial charge in [-0.05, 0) is 49.0 Å². The fourth-order valence-corrected chi connectivity index (χ4v) is 3.46. The van der Waals surface area contributed by atoms with Crippen molar-refractivity contribution in [3.05, 3.63) is 47.5 Å². The van der Waals surface area contributed by atoms with Gasteiger partial charge in [0.2, 0.25) is 0 Å². The first-order valence-electron chi connectivity index (χ1n) is 9.42. The van der Waals surface area contributed by atoms with E-state index in [0.717, 1.165) is 44.2 Å². The number of nitrogens with one attached hydrogen (secondary N) is 1. The summed E-state index contributed by atoms with van der Waals surface area (Å²) in [5.74, 6) is 1.11. The number of likely N-dealkylation sites (N-methyl/N-ethyl adjacent to an activating group) is 1. The van der Waals surface area contributed by atoms with E-state index in [-0.39, 0.29) is 12.5 Å². The molecule has 0 atom stereocenters. The van der Waals surface area contributed by atoms with E-state index in [2.05, 4.69) is 22.0 Å².